The van der Waals surface area contributed by atoms with Crippen LogP contribution in [0.5, 0.6) is 0 Å². The molecule has 1 aromatic rings. The molecule has 1 atom stereocenters. The first-order valence-corrected chi connectivity index (χ1v) is 5.71. The van der Waals surface area contributed by atoms with Crippen molar-refractivity contribution in [1.82, 2.24) is 5.32 Å². The zero-order valence-corrected chi connectivity index (χ0v) is 9.69. The third-order valence-electron chi connectivity index (χ3n) is 3.55. The molecule has 1 fully saturated rings. The second kappa shape index (κ2) is 4.13. The molecule has 1 aromatic carbocycles. The Morgan fingerprint density at radius 3 is 2.69 bits per heavy atom. The summed E-state index contributed by atoms with van der Waals surface area (Å²) < 4.78 is 26.9. The van der Waals surface area contributed by atoms with E-state index < -0.39 is 0 Å². The van der Waals surface area contributed by atoms with Gasteiger partial charge in [0.25, 0.3) is 0 Å². The lowest BCUT2D eigenvalue weighted by atomic mass is 9.77. The van der Waals surface area contributed by atoms with Crippen molar-refractivity contribution in [2.24, 2.45) is 0 Å². The van der Waals surface area contributed by atoms with Crippen molar-refractivity contribution in [1.29, 1.82) is 0 Å². The van der Waals surface area contributed by atoms with E-state index >= 15 is 0 Å². The zero-order valence-electron chi connectivity index (χ0n) is 9.69. The van der Waals surface area contributed by atoms with Crippen LogP contribution in [0.3, 0.4) is 0 Å². The molecule has 1 aliphatic heterocycles. The molecule has 0 aromatic heterocycles. The fourth-order valence-electron chi connectivity index (χ4n) is 2.48. The Kier molecular flexibility index (Phi) is 2.98. The standard InChI is InChI=1S/C13H17F2N/c1-13(2,12-4-3-7-16-12)10-8-9(14)5-6-11(10)15/h5-6,8,12,16H,3-4,7H2,1-2H3. The van der Waals surface area contributed by atoms with Crippen LogP contribution in [0.1, 0.15) is 32.3 Å². The van der Waals surface area contributed by atoms with E-state index in [4.69, 9.17) is 0 Å². The van der Waals surface area contributed by atoms with Gasteiger partial charge >= 0.3 is 0 Å². The van der Waals surface area contributed by atoms with E-state index in [1.54, 1.807) is 0 Å². The third-order valence-corrected chi connectivity index (χ3v) is 3.55. The van der Waals surface area contributed by atoms with Crippen molar-refractivity contribution in [2.75, 3.05) is 6.54 Å². The fraction of sp³-hybridized carbons (Fsp3) is 0.538. The second-order valence-electron chi connectivity index (χ2n) is 4.99. The highest BCUT2D eigenvalue weighted by Gasteiger charge is 2.35. The molecule has 2 rings (SSSR count). The maximum Gasteiger partial charge on any atom is 0.127 e. The van der Waals surface area contributed by atoms with E-state index in [1.807, 2.05) is 13.8 Å². The van der Waals surface area contributed by atoms with Gasteiger partial charge < -0.3 is 5.32 Å². The number of nitrogens with one attached hydrogen (secondary N) is 1. The quantitative estimate of drug-likeness (QED) is 0.816. The molecule has 16 heavy (non-hydrogen) atoms. The van der Waals surface area contributed by atoms with Crippen molar-refractivity contribution in [3.05, 3.63) is 35.4 Å². The van der Waals surface area contributed by atoms with E-state index in [0.29, 0.717) is 5.56 Å². The van der Waals surface area contributed by atoms with Gasteiger partial charge in [-0.25, -0.2) is 8.78 Å². The van der Waals surface area contributed by atoms with E-state index in [0.717, 1.165) is 25.5 Å². The maximum absolute atomic E-state index is 13.7. The lowest BCUT2D eigenvalue weighted by Gasteiger charge is -2.32. The van der Waals surface area contributed by atoms with E-state index in [9.17, 15) is 8.78 Å². The highest BCUT2D eigenvalue weighted by Crippen LogP contribution is 2.33. The summed E-state index contributed by atoms with van der Waals surface area (Å²) >= 11 is 0. The van der Waals surface area contributed by atoms with Gasteiger partial charge in [-0.2, -0.15) is 0 Å². The van der Waals surface area contributed by atoms with Gasteiger partial charge in [0.2, 0.25) is 0 Å². The Balaban J connectivity index is 2.37. The monoisotopic (exact) mass is 225 g/mol. The van der Waals surface area contributed by atoms with Crippen LogP contribution in [-0.2, 0) is 5.41 Å². The summed E-state index contributed by atoms with van der Waals surface area (Å²) in [5, 5.41) is 3.35. The SMILES string of the molecule is CC(C)(c1cc(F)ccc1F)C1CCCN1. The molecule has 0 saturated carbocycles. The normalized spacial score (nSPS) is 21.4. The molecule has 3 heteroatoms. The van der Waals surface area contributed by atoms with Gasteiger partial charge in [-0.1, -0.05) is 13.8 Å². The van der Waals surface area contributed by atoms with Crippen LogP contribution in [0.4, 0.5) is 8.78 Å². The minimum absolute atomic E-state index is 0.226. The number of hydrogen-bond donors (Lipinski definition) is 1. The smallest absolute Gasteiger partial charge is 0.127 e. The van der Waals surface area contributed by atoms with Gasteiger partial charge in [0.1, 0.15) is 11.6 Å². The molecule has 1 saturated heterocycles. The molecular weight excluding hydrogens is 208 g/mol. The van der Waals surface area contributed by atoms with E-state index in [1.165, 1.54) is 12.1 Å². The minimum Gasteiger partial charge on any atom is -0.313 e. The Morgan fingerprint density at radius 1 is 1.31 bits per heavy atom. The van der Waals surface area contributed by atoms with Crippen molar-refractivity contribution in [3.8, 4) is 0 Å². The van der Waals surface area contributed by atoms with Gasteiger partial charge in [-0.05, 0) is 43.1 Å². The average molecular weight is 225 g/mol. The first-order valence-electron chi connectivity index (χ1n) is 5.71. The van der Waals surface area contributed by atoms with Crippen LogP contribution in [-0.4, -0.2) is 12.6 Å². The first kappa shape index (κ1) is 11.5. The van der Waals surface area contributed by atoms with Gasteiger partial charge in [0, 0.05) is 11.5 Å². The second-order valence-corrected chi connectivity index (χ2v) is 4.99. The van der Waals surface area contributed by atoms with Crippen LogP contribution < -0.4 is 5.32 Å². The number of hydrogen-bond acceptors (Lipinski definition) is 1. The minimum atomic E-state index is -0.373. The van der Waals surface area contributed by atoms with Gasteiger partial charge in [-0.15, -0.1) is 0 Å². The molecule has 0 amide bonds. The average Bonchev–Trinajstić information content (AvgIpc) is 2.75. The topological polar surface area (TPSA) is 12.0 Å². The summed E-state index contributed by atoms with van der Waals surface area (Å²) in [5.74, 6) is -0.692. The summed E-state index contributed by atoms with van der Waals surface area (Å²) in [6.07, 6.45) is 2.12. The van der Waals surface area contributed by atoms with Crippen molar-refractivity contribution < 1.29 is 8.78 Å². The molecule has 1 nitrogen and oxygen atoms in total. The van der Waals surface area contributed by atoms with E-state index in [-0.39, 0.29) is 23.1 Å². The largest absolute Gasteiger partial charge is 0.313 e. The molecule has 88 valence electrons. The highest BCUT2D eigenvalue weighted by molar-refractivity contribution is 5.28. The van der Waals surface area contributed by atoms with Gasteiger partial charge in [0.05, 0.1) is 0 Å². The zero-order chi connectivity index (χ0) is 11.8. The lowest BCUT2D eigenvalue weighted by Crippen LogP contribution is -2.41. The third kappa shape index (κ3) is 1.96. The number of rotatable bonds is 2. The number of benzene rings is 1. The van der Waals surface area contributed by atoms with Crippen LogP contribution in [0.25, 0.3) is 0 Å². The molecule has 1 heterocycles. The van der Waals surface area contributed by atoms with Crippen molar-refractivity contribution in [2.45, 2.75) is 38.1 Å². The Bertz CT molecular complexity index is 382. The summed E-state index contributed by atoms with van der Waals surface area (Å²) in [4.78, 5) is 0. The Labute approximate surface area is 94.9 Å². The van der Waals surface area contributed by atoms with Crippen LogP contribution in [0, 0.1) is 11.6 Å². The Hall–Kier alpha value is -0.960. The lowest BCUT2D eigenvalue weighted by molar-refractivity contribution is 0.361. The fourth-order valence-corrected chi connectivity index (χ4v) is 2.48. The summed E-state index contributed by atoms with van der Waals surface area (Å²) in [6, 6.07) is 3.91. The highest BCUT2D eigenvalue weighted by atomic mass is 19.1. The van der Waals surface area contributed by atoms with Crippen LogP contribution in [0.2, 0.25) is 0 Å². The van der Waals surface area contributed by atoms with Crippen molar-refractivity contribution >= 4 is 0 Å². The molecule has 1 aliphatic rings. The Morgan fingerprint density at radius 2 is 2.06 bits per heavy atom. The molecule has 1 N–H and O–H groups in total. The molecule has 0 spiro atoms. The van der Waals surface area contributed by atoms with Crippen molar-refractivity contribution in [3.63, 3.8) is 0 Å². The molecule has 0 radical (unpaired) electrons. The molecular formula is C13H17F2N. The summed E-state index contributed by atoms with van der Waals surface area (Å²) in [6.45, 7) is 4.90. The molecule has 1 unspecified atom stereocenters. The predicted molar refractivity (Wildman–Crippen MR) is 60.4 cm³/mol. The molecule has 0 bridgehead atoms. The summed E-state index contributed by atoms with van der Waals surface area (Å²) in [7, 11) is 0. The summed E-state index contributed by atoms with van der Waals surface area (Å²) in [5.41, 5.74) is 0.0924. The first-order chi connectivity index (χ1) is 7.51. The number of halogens is 2. The van der Waals surface area contributed by atoms with Gasteiger partial charge in [-0.3, -0.25) is 0 Å². The van der Waals surface area contributed by atoms with Gasteiger partial charge in [0.15, 0.2) is 0 Å². The van der Waals surface area contributed by atoms with E-state index in [2.05, 4.69) is 5.32 Å². The molecule has 0 aliphatic carbocycles. The van der Waals surface area contributed by atoms with Crippen LogP contribution in [0.15, 0.2) is 18.2 Å². The van der Waals surface area contributed by atoms with Crippen LogP contribution >= 0.6 is 0 Å². The predicted octanol–water partition coefficient (Wildman–Crippen LogP) is 2.99. The maximum atomic E-state index is 13.7.